The molecule has 2 heterocycles. The molecule has 3 rings (SSSR count). The van der Waals surface area contributed by atoms with Gasteiger partial charge in [-0.1, -0.05) is 45.1 Å². The van der Waals surface area contributed by atoms with Crippen LogP contribution in [0, 0.1) is 17.8 Å². The van der Waals surface area contributed by atoms with Gasteiger partial charge in [-0.05, 0) is 44.6 Å². The molecule has 1 amide bonds. The summed E-state index contributed by atoms with van der Waals surface area (Å²) in [7, 11) is 1.54. The van der Waals surface area contributed by atoms with Crippen LogP contribution in [0.2, 0.25) is 0 Å². The topological polar surface area (TPSA) is 122 Å². The van der Waals surface area contributed by atoms with Gasteiger partial charge in [-0.25, -0.2) is 0 Å². The van der Waals surface area contributed by atoms with Crippen LogP contribution >= 0.6 is 0 Å². The number of aliphatic hydroxyl groups is 1. The molecule has 2 N–H and O–H groups in total. The summed E-state index contributed by atoms with van der Waals surface area (Å²) in [6, 6.07) is 0. The van der Waals surface area contributed by atoms with E-state index in [4.69, 9.17) is 9.47 Å². The zero-order valence-electron chi connectivity index (χ0n) is 25.2. The summed E-state index contributed by atoms with van der Waals surface area (Å²) >= 11 is 0. The number of esters is 1. The zero-order chi connectivity index (χ0) is 30.4. The quantitative estimate of drug-likeness (QED) is 0.301. The molecule has 41 heavy (non-hydrogen) atoms. The van der Waals surface area contributed by atoms with Crippen LogP contribution in [-0.2, 0) is 28.7 Å². The Kier molecular flexibility index (Phi) is 11.0. The van der Waals surface area contributed by atoms with Crippen LogP contribution in [0.3, 0.4) is 0 Å². The number of hydrogen-bond acceptors (Lipinski definition) is 8. The Balaban J connectivity index is 2.04. The maximum Gasteiger partial charge on any atom is 0.303 e. The standard InChI is InChI=1S/C32H44N2O7/c1-18-14-24-28(34-12-9-13-34)26(36)17-25(30(24)38)33-32(39)20(3)11-8-10-19(2)31(41-23(6)35)22(5)16-21(4)29(37)27(15-18)40-7/h8,10-11,16-19,21,27,29,31,37H,9,12-15H2,1-7H3,(H,33,39)/b10-8-,20-11+,22-16+/t18-,19+,21+,27+,29-,31-/m1/s1. The molecule has 0 unspecified atom stereocenters. The number of nitrogens with one attached hydrogen (secondary N) is 1. The van der Waals surface area contributed by atoms with E-state index in [1.807, 2.05) is 44.7 Å². The number of hydrogen-bond donors (Lipinski definition) is 2. The zero-order valence-corrected chi connectivity index (χ0v) is 25.2. The van der Waals surface area contributed by atoms with Crippen molar-refractivity contribution in [3.63, 3.8) is 0 Å². The van der Waals surface area contributed by atoms with Gasteiger partial charge in [0.05, 0.1) is 23.6 Å². The number of carbonyl (C=O) groups is 4. The van der Waals surface area contributed by atoms with Gasteiger partial charge in [-0.3, -0.25) is 19.2 Å². The Morgan fingerprint density at radius 2 is 1.78 bits per heavy atom. The molecule has 1 saturated heterocycles. The third kappa shape index (κ3) is 7.92. The highest BCUT2D eigenvalue weighted by molar-refractivity contribution is 6.23. The van der Waals surface area contributed by atoms with Gasteiger partial charge in [0.2, 0.25) is 11.6 Å². The molecule has 0 aromatic carbocycles. The Bertz CT molecular complexity index is 1200. The van der Waals surface area contributed by atoms with Crippen LogP contribution in [0.4, 0.5) is 0 Å². The van der Waals surface area contributed by atoms with Crippen molar-refractivity contribution in [1.82, 2.24) is 10.2 Å². The number of rotatable bonds is 3. The number of nitrogens with zero attached hydrogens (tertiary/aromatic N) is 1. The number of allylic oxidation sites excluding steroid dienone is 4. The average molecular weight is 569 g/mol. The third-order valence-electron chi connectivity index (χ3n) is 8.01. The van der Waals surface area contributed by atoms with Gasteiger partial charge in [0.15, 0.2) is 0 Å². The van der Waals surface area contributed by atoms with Gasteiger partial charge < -0.3 is 24.8 Å². The third-order valence-corrected chi connectivity index (χ3v) is 8.01. The Hall–Kier alpha value is -3.30. The number of likely N-dealkylation sites (tertiary alicyclic amines) is 1. The largest absolute Gasteiger partial charge is 0.457 e. The molecule has 224 valence electrons. The fourth-order valence-corrected chi connectivity index (χ4v) is 5.57. The second kappa shape index (κ2) is 14.0. The molecule has 9 heteroatoms. The van der Waals surface area contributed by atoms with Gasteiger partial charge in [0.1, 0.15) is 6.10 Å². The van der Waals surface area contributed by atoms with E-state index >= 15 is 0 Å². The van der Waals surface area contributed by atoms with E-state index < -0.39 is 30.2 Å². The van der Waals surface area contributed by atoms with Crippen molar-refractivity contribution in [3.05, 3.63) is 58.5 Å². The fraction of sp³-hybridized carbons (Fsp3) is 0.562. The summed E-state index contributed by atoms with van der Waals surface area (Å²) in [6.07, 6.45) is 7.95. The van der Waals surface area contributed by atoms with Gasteiger partial charge in [-0.2, -0.15) is 0 Å². The lowest BCUT2D eigenvalue weighted by molar-refractivity contribution is -0.146. The maximum absolute atomic E-state index is 13.7. The number of ketones is 2. The van der Waals surface area contributed by atoms with Crippen molar-refractivity contribution >= 4 is 23.4 Å². The van der Waals surface area contributed by atoms with Crippen molar-refractivity contribution in [2.24, 2.45) is 17.8 Å². The molecule has 0 spiro atoms. The molecule has 3 aliphatic rings. The van der Waals surface area contributed by atoms with E-state index in [1.165, 1.54) is 13.0 Å². The number of methoxy groups -OCH3 is 1. The van der Waals surface area contributed by atoms with Crippen LogP contribution in [-0.4, -0.2) is 72.0 Å². The van der Waals surface area contributed by atoms with Crippen molar-refractivity contribution in [1.29, 1.82) is 0 Å². The molecule has 2 aliphatic heterocycles. The normalized spacial score (nSPS) is 34.0. The number of ether oxygens (including phenoxy) is 2. The van der Waals surface area contributed by atoms with Crippen LogP contribution < -0.4 is 5.32 Å². The molecule has 1 fully saturated rings. The van der Waals surface area contributed by atoms with Crippen LogP contribution in [0.15, 0.2) is 58.5 Å². The second-order valence-corrected chi connectivity index (χ2v) is 11.6. The van der Waals surface area contributed by atoms with E-state index in [-0.39, 0.29) is 35.0 Å². The van der Waals surface area contributed by atoms with Crippen LogP contribution in [0.5, 0.6) is 0 Å². The van der Waals surface area contributed by atoms with Crippen LogP contribution in [0.1, 0.15) is 60.8 Å². The summed E-state index contributed by atoms with van der Waals surface area (Å²) in [5, 5.41) is 13.9. The smallest absolute Gasteiger partial charge is 0.303 e. The predicted molar refractivity (Wildman–Crippen MR) is 155 cm³/mol. The predicted octanol–water partition coefficient (Wildman–Crippen LogP) is 3.56. The van der Waals surface area contributed by atoms with Crippen molar-refractivity contribution < 1.29 is 33.8 Å². The number of fused-ring (bicyclic) bond motifs is 2. The molecule has 1 aliphatic carbocycles. The second-order valence-electron chi connectivity index (χ2n) is 11.6. The first-order valence-corrected chi connectivity index (χ1v) is 14.4. The minimum Gasteiger partial charge on any atom is -0.457 e. The molecule has 2 bridgehead atoms. The lowest BCUT2D eigenvalue weighted by atomic mass is 9.84. The lowest BCUT2D eigenvalue weighted by Crippen LogP contribution is -2.43. The monoisotopic (exact) mass is 568 g/mol. The van der Waals surface area contributed by atoms with E-state index in [9.17, 15) is 24.3 Å². The van der Waals surface area contributed by atoms with Crippen molar-refractivity contribution in [2.45, 2.75) is 79.1 Å². The summed E-state index contributed by atoms with van der Waals surface area (Å²) < 4.78 is 11.3. The minimum absolute atomic E-state index is 0.0406. The highest BCUT2D eigenvalue weighted by atomic mass is 16.5. The maximum atomic E-state index is 13.7. The molecular weight excluding hydrogens is 524 g/mol. The Labute approximate surface area is 243 Å². The van der Waals surface area contributed by atoms with E-state index in [2.05, 4.69) is 5.32 Å². The molecular formula is C32H44N2O7. The van der Waals surface area contributed by atoms with Gasteiger partial charge in [-0.15, -0.1) is 0 Å². The molecule has 0 aromatic rings. The number of Topliss-reactive ketones (excluding diaryl/α,β-unsaturated/α-hetero) is 1. The highest BCUT2D eigenvalue weighted by Gasteiger charge is 2.36. The molecule has 6 atom stereocenters. The first-order valence-electron chi connectivity index (χ1n) is 14.4. The summed E-state index contributed by atoms with van der Waals surface area (Å²) in [6.45, 7) is 12.0. The SMILES string of the molecule is CO[C@H]1C[C@H](C)CC2=C(N3CCC3)C(=O)C=C(NC(=O)/C(C)=C/C=C\[C@H](C)[C@@H](OC(C)=O)/C(C)=C/[C@H](C)[C@H]1O)C2=O. The summed E-state index contributed by atoms with van der Waals surface area (Å²) in [4.78, 5) is 53.7. The Morgan fingerprint density at radius 1 is 1.10 bits per heavy atom. The van der Waals surface area contributed by atoms with E-state index in [1.54, 1.807) is 26.2 Å². The minimum atomic E-state index is -0.865. The van der Waals surface area contributed by atoms with Gasteiger partial charge >= 0.3 is 5.97 Å². The van der Waals surface area contributed by atoms with E-state index in [0.717, 1.165) is 12.0 Å². The molecule has 0 aromatic heterocycles. The van der Waals surface area contributed by atoms with Gasteiger partial charge in [0.25, 0.3) is 5.91 Å². The molecule has 0 saturated carbocycles. The fourth-order valence-electron chi connectivity index (χ4n) is 5.57. The highest BCUT2D eigenvalue weighted by Crippen LogP contribution is 2.32. The number of aliphatic hydroxyl groups excluding tert-OH is 1. The van der Waals surface area contributed by atoms with E-state index in [0.29, 0.717) is 42.8 Å². The average Bonchev–Trinajstić information content (AvgIpc) is 2.88. The summed E-state index contributed by atoms with van der Waals surface area (Å²) in [5.74, 6) is -2.25. The molecule has 0 radical (unpaired) electrons. The number of amides is 1. The van der Waals surface area contributed by atoms with Crippen molar-refractivity contribution in [2.75, 3.05) is 20.2 Å². The van der Waals surface area contributed by atoms with Gasteiger partial charge in [0, 0.05) is 56.2 Å². The Morgan fingerprint density at radius 3 is 2.37 bits per heavy atom. The number of carbonyl (C=O) groups excluding carboxylic acids is 4. The lowest BCUT2D eigenvalue weighted by Gasteiger charge is -2.37. The first kappa shape index (κ1) is 32.2. The first-order chi connectivity index (χ1) is 19.3. The molecule has 9 nitrogen and oxygen atoms in total. The van der Waals surface area contributed by atoms with Crippen LogP contribution in [0.25, 0.3) is 0 Å². The van der Waals surface area contributed by atoms with Crippen molar-refractivity contribution in [3.8, 4) is 0 Å². The summed E-state index contributed by atoms with van der Waals surface area (Å²) in [5.41, 5.74) is 1.87.